The van der Waals surface area contributed by atoms with Gasteiger partial charge in [0.1, 0.15) is 22.3 Å². The number of hydrogen-bond acceptors (Lipinski definition) is 5. The maximum Gasteiger partial charge on any atom is 3.00 e. The van der Waals surface area contributed by atoms with E-state index >= 15 is 0 Å². The largest absolute Gasteiger partial charge is 3.00 e. The molecule has 0 N–H and O–H groups in total. The van der Waals surface area contributed by atoms with Crippen molar-refractivity contribution in [2.45, 2.75) is 115 Å². The number of benzene rings is 15. The van der Waals surface area contributed by atoms with Crippen molar-refractivity contribution in [1.82, 2.24) is 37.8 Å². The van der Waals surface area contributed by atoms with Crippen LogP contribution in [0.1, 0.15) is 114 Å². The Labute approximate surface area is 756 Å². The van der Waals surface area contributed by atoms with E-state index in [9.17, 15) is 0 Å². The minimum absolute atomic E-state index is 0. The SMILES string of the molecule is CCC(C)c1c[c-]c(-c2nccn2-c2c(C)cc(C)cc2C)cc1.CCC(C)c1cc(-c2ccc3oc4ccc(-n5c6ccccc6c6ccccc65)cc4c3c2)cc(-c2ccc3oc4ccc(-n5c6ccccc6c6ccccc65)cc4c3c2)c1.Cc1cc(C)c(-n2ccnc2-c2[c-]cccc2)c(C)c1.Cc1cc(C)c(-n2ccnc2-c2[c-]cccc2)c(C)c1.[Ir+3]. The van der Waals surface area contributed by atoms with Gasteiger partial charge in [-0.1, -0.05) is 190 Å². The van der Waals surface area contributed by atoms with Gasteiger partial charge < -0.3 is 31.7 Å². The first-order valence-electron chi connectivity index (χ1n) is 43.8. The van der Waals surface area contributed by atoms with Crippen LogP contribution >= 0.6 is 0 Å². The van der Waals surface area contributed by atoms with E-state index in [2.05, 4.69) is 389 Å². The molecule has 0 bridgehead atoms. The molecular weight excluding hydrogens is 1730 g/mol. The van der Waals surface area contributed by atoms with Crippen molar-refractivity contribution >= 4 is 87.5 Å². The van der Waals surface area contributed by atoms with Crippen LogP contribution in [0.4, 0.5) is 0 Å². The fraction of sp³-hybridized carbons (Fsp3) is 0.147. The summed E-state index contributed by atoms with van der Waals surface area (Å²) in [6, 6.07) is 114. The number of hydrogen-bond donors (Lipinski definition) is 0. The summed E-state index contributed by atoms with van der Waals surface area (Å²) < 4.78 is 24.2. The zero-order chi connectivity index (χ0) is 86.5. The molecule has 15 aromatic carbocycles. The second-order valence-electron chi connectivity index (χ2n) is 33.9. The van der Waals surface area contributed by atoms with Gasteiger partial charge in [0.05, 0.1) is 39.5 Å². The van der Waals surface area contributed by atoms with Crippen LogP contribution in [0, 0.1) is 80.5 Å². The van der Waals surface area contributed by atoms with Gasteiger partial charge in [0.25, 0.3) is 0 Å². The number of para-hydroxylation sites is 4. The molecule has 127 heavy (non-hydrogen) atoms. The summed E-state index contributed by atoms with van der Waals surface area (Å²) in [6.45, 7) is 28.4. The number of rotatable bonds is 14. The van der Waals surface area contributed by atoms with E-state index in [1.165, 1.54) is 144 Å². The topological polar surface area (TPSA) is 89.6 Å². The second kappa shape index (κ2) is 35.4. The molecule has 22 rings (SSSR count). The molecule has 0 aliphatic carbocycles. The van der Waals surface area contributed by atoms with Crippen molar-refractivity contribution in [2.24, 2.45) is 0 Å². The molecule has 0 aliphatic heterocycles. The molecule has 7 heterocycles. The van der Waals surface area contributed by atoms with Crippen molar-refractivity contribution in [3.8, 4) is 84.9 Å². The summed E-state index contributed by atoms with van der Waals surface area (Å²) in [5, 5.41) is 9.45. The molecule has 0 radical (unpaired) electrons. The molecular formula is C116H99IrN8O2. The van der Waals surface area contributed by atoms with Crippen LogP contribution in [0.3, 0.4) is 0 Å². The number of nitrogens with zero attached hydrogens (tertiary/aromatic N) is 8. The maximum absolute atomic E-state index is 6.49. The molecule has 10 nitrogen and oxygen atoms in total. The molecule has 624 valence electrons. The summed E-state index contributed by atoms with van der Waals surface area (Å²) in [5.41, 5.74) is 36.1. The van der Waals surface area contributed by atoms with E-state index in [-0.39, 0.29) is 20.1 Å². The van der Waals surface area contributed by atoms with E-state index in [0.29, 0.717) is 11.8 Å². The zero-order valence-corrected chi connectivity index (χ0v) is 76.4. The Balaban J connectivity index is 0.000000137. The second-order valence-corrected chi connectivity index (χ2v) is 33.9. The Kier molecular flexibility index (Phi) is 23.3. The van der Waals surface area contributed by atoms with Crippen molar-refractivity contribution in [2.75, 3.05) is 0 Å². The molecule has 0 saturated carbocycles. The van der Waals surface area contributed by atoms with Gasteiger partial charge in [0, 0.05) is 109 Å². The molecule has 11 heteroatoms. The Hall–Kier alpha value is -14.2. The smallest absolute Gasteiger partial charge is 0.456 e. The third-order valence-electron chi connectivity index (χ3n) is 25.1. The first-order valence-corrected chi connectivity index (χ1v) is 43.8. The number of imidazole rings is 3. The zero-order valence-electron chi connectivity index (χ0n) is 74.0. The monoisotopic (exact) mass is 1830 g/mol. The molecule has 2 atom stereocenters. The Morgan fingerprint density at radius 2 is 0.622 bits per heavy atom. The maximum atomic E-state index is 6.49. The van der Waals surface area contributed by atoms with Gasteiger partial charge in [0.15, 0.2) is 0 Å². The van der Waals surface area contributed by atoms with Gasteiger partial charge in [-0.2, -0.15) is 0 Å². The van der Waals surface area contributed by atoms with Crippen molar-refractivity contribution in [3.05, 3.63) is 408 Å². The predicted molar refractivity (Wildman–Crippen MR) is 524 cm³/mol. The van der Waals surface area contributed by atoms with Gasteiger partial charge in [-0.05, 0) is 227 Å². The molecule has 22 aromatic rings. The molecule has 0 spiro atoms. The average molecular weight is 1830 g/mol. The van der Waals surface area contributed by atoms with Crippen LogP contribution in [0.2, 0.25) is 0 Å². The van der Waals surface area contributed by atoms with E-state index in [1.807, 2.05) is 85.7 Å². The average Bonchev–Trinajstić information content (AvgIpc) is 1.59. The molecule has 0 saturated heterocycles. The number of aromatic nitrogens is 8. The van der Waals surface area contributed by atoms with Gasteiger partial charge in [-0.3, -0.25) is 15.0 Å². The third kappa shape index (κ3) is 16.0. The number of aryl methyl sites for hydroxylation is 9. The summed E-state index contributed by atoms with van der Waals surface area (Å²) in [5.74, 6) is 3.77. The van der Waals surface area contributed by atoms with E-state index in [4.69, 9.17) is 8.83 Å². The fourth-order valence-corrected chi connectivity index (χ4v) is 19.0. The summed E-state index contributed by atoms with van der Waals surface area (Å²) >= 11 is 0. The summed E-state index contributed by atoms with van der Waals surface area (Å²) in [7, 11) is 0. The minimum Gasteiger partial charge on any atom is -0.456 e. The van der Waals surface area contributed by atoms with Crippen LogP contribution < -0.4 is 0 Å². The fourth-order valence-electron chi connectivity index (χ4n) is 19.0. The normalized spacial score (nSPS) is 11.9. The van der Waals surface area contributed by atoms with Gasteiger partial charge in [-0.15, -0.1) is 107 Å². The minimum atomic E-state index is 0. The van der Waals surface area contributed by atoms with Crippen LogP contribution in [-0.2, 0) is 20.1 Å². The van der Waals surface area contributed by atoms with Crippen LogP contribution in [0.25, 0.3) is 172 Å². The van der Waals surface area contributed by atoms with Crippen molar-refractivity contribution in [1.29, 1.82) is 0 Å². The Bertz CT molecular complexity index is 7280. The molecule has 0 amide bonds. The van der Waals surface area contributed by atoms with Gasteiger partial charge >= 0.3 is 20.1 Å². The molecule has 2 unspecified atom stereocenters. The predicted octanol–water partition coefficient (Wildman–Crippen LogP) is 30.8. The van der Waals surface area contributed by atoms with Gasteiger partial charge in [0.2, 0.25) is 0 Å². The first-order chi connectivity index (χ1) is 61.4. The molecule has 0 fully saturated rings. The third-order valence-corrected chi connectivity index (χ3v) is 25.1. The van der Waals surface area contributed by atoms with Gasteiger partial charge in [-0.25, -0.2) is 0 Å². The summed E-state index contributed by atoms with van der Waals surface area (Å²) in [4.78, 5) is 13.6. The molecule has 0 aliphatic rings. The van der Waals surface area contributed by atoms with E-state index < -0.39 is 0 Å². The van der Waals surface area contributed by atoms with Crippen molar-refractivity contribution in [3.63, 3.8) is 0 Å². The quantitative estimate of drug-likeness (QED) is 0.101. The molecule has 7 aromatic heterocycles. The van der Waals surface area contributed by atoms with E-state index in [1.54, 1.807) is 0 Å². The Morgan fingerprint density at radius 1 is 0.299 bits per heavy atom. The summed E-state index contributed by atoms with van der Waals surface area (Å²) in [6.07, 6.45) is 13.8. The van der Waals surface area contributed by atoms with Crippen LogP contribution in [-0.4, -0.2) is 37.8 Å². The van der Waals surface area contributed by atoms with Crippen LogP contribution in [0.15, 0.2) is 337 Å². The number of furan rings is 2. The number of fused-ring (bicyclic) bond motifs is 12. The standard InChI is InChI=1S/C58H40N2O2.C22H25N2.2C18H17N2.Ir/c1-3-35(2)38-28-39(36-20-24-55-47(31-36)49-33-41(22-26-57(49)61-55)59-51-16-8-4-12-43(51)44-13-5-9-17-52(44)59)30-40(29-38)37-21-25-56-48(32-37)50-34-42(23-27-58(50)62-56)60-53-18-10-6-14-45(53)46-15-7-11-19-54(46)60;1-6-16(3)19-7-9-20(10-8-19)22-23-11-12-24(22)21-17(4)13-15(2)14-18(21)5;2*1-13-11-14(2)17(15(3)12-13)20-10-9-19-18(20)16-7-5-4-6-8-16;/h4-35H,3H2,1-2H3;7-9,11-14,16H,6H2,1-5H3;2*4-7,9-12H,1-3H3;/q;3*-1;+3. The Morgan fingerprint density at radius 3 is 0.953 bits per heavy atom. The first kappa shape index (κ1) is 83.7. The van der Waals surface area contributed by atoms with Crippen LogP contribution in [0.5, 0.6) is 0 Å². The van der Waals surface area contributed by atoms with Crippen molar-refractivity contribution < 1.29 is 28.9 Å². The van der Waals surface area contributed by atoms with E-state index in [0.717, 1.165) is 102 Å².